The lowest BCUT2D eigenvalue weighted by Gasteiger charge is -2.27. The second-order valence-corrected chi connectivity index (χ2v) is 7.95. The van der Waals surface area contributed by atoms with Gasteiger partial charge in [0.15, 0.2) is 0 Å². The van der Waals surface area contributed by atoms with Crippen LogP contribution in [-0.4, -0.2) is 62.6 Å². The van der Waals surface area contributed by atoms with E-state index in [1.54, 1.807) is 0 Å². The minimum atomic E-state index is 0.573. The van der Waals surface area contributed by atoms with Gasteiger partial charge in [-0.25, -0.2) is 15.0 Å². The molecule has 1 fully saturated rings. The van der Waals surface area contributed by atoms with E-state index in [9.17, 15) is 0 Å². The van der Waals surface area contributed by atoms with Crippen LogP contribution in [0.5, 0.6) is 5.88 Å². The van der Waals surface area contributed by atoms with Crippen LogP contribution in [-0.2, 0) is 13.0 Å². The molecule has 0 radical (unpaired) electrons. The van der Waals surface area contributed by atoms with Crippen molar-refractivity contribution in [3.05, 3.63) is 66.0 Å². The van der Waals surface area contributed by atoms with Gasteiger partial charge in [0.1, 0.15) is 12.2 Å². The number of hydrogen-bond acceptors (Lipinski definition) is 7. The molecule has 1 aliphatic heterocycles. The number of nitrogens with one attached hydrogen (secondary N) is 2. The molecule has 3 aromatic heterocycles. The first-order chi connectivity index (χ1) is 15.8. The number of hydrogen-bond donors (Lipinski definition) is 2. The Morgan fingerprint density at radius 3 is 2.81 bits per heavy atom. The number of aromatic amines is 1. The minimum absolute atomic E-state index is 0.573. The van der Waals surface area contributed by atoms with Crippen LogP contribution in [0.1, 0.15) is 24.0 Å². The Kier molecular flexibility index (Phi) is 6.04. The summed E-state index contributed by atoms with van der Waals surface area (Å²) in [6.45, 7) is 7.76. The topological polar surface area (TPSA) is 91.8 Å². The van der Waals surface area contributed by atoms with Gasteiger partial charge in [0.25, 0.3) is 0 Å². The van der Waals surface area contributed by atoms with Gasteiger partial charge in [-0.1, -0.05) is 6.07 Å². The molecule has 0 aliphatic carbocycles. The zero-order chi connectivity index (χ0) is 21.8. The van der Waals surface area contributed by atoms with Gasteiger partial charge in [-0.05, 0) is 36.8 Å². The van der Waals surface area contributed by atoms with Crippen molar-refractivity contribution in [2.24, 2.45) is 0 Å². The van der Waals surface area contributed by atoms with Crippen molar-refractivity contribution in [2.75, 3.05) is 32.8 Å². The van der Waals surface area contributed by atoms with E-state index >= 15 is 0 Å². The molecule has 0 amide bonds. The Bertz CT molecular complexity index is 1200. The summed E-state index contributed by atoms with van der Waals surface area (Å²) in [5.74, 6) is 1.48. The van der Waals surface area contributed by atoms with Crippen molar-refractivity contribution in [1.82, 2.24) is 35.1 Å². The molecule has 32 heavy (non-hydrogen) atoms. The Morgan fingerprint density at radius 1 is 1.03 bits per heavy atom. The van der Waals surface area contributed by atoms with E-state index in [2.05, 4.69) is 48.4 Å². The van der Waals surface area contributed by atoms with Crippen LogP contribution < -0.4 is 10.1 Å². The van der Waals surface area contributed by atoms with E-state index in [0.717, 1.165) is 66.5 Å². The van der Waals surface area contributed by atoms with Crippen molar-refractivity contribution in [2.45, 2.75) is 19.9 Å². The summed E-state index contributed by atoms with van der Waals surface area (Å²) in [7, 11) is 0. The molecule has 0 atom stereocenters. The first-order valence-corrected chi connectivity index (χ1v) is 11.1. The molecule has 4 aromatic rings. The highest BCUT2D eigenvalue weighted by molar-refractivity contribution is 5.81. The maximum absolute atomic E-state index is 5.50. The molecule has 4 heterocycles. The number of pyridine rings is 1. The second kappa shape index (κ2) is 9.42. The maximum Gasteiger partial charge on any atom is 0.216 e. The summed E-state index contributed by atoms with van der Waals surface area (Å²) in [4.78, 5) is 23.8. The van der Waals surface area contributed by atoms with Crippen molar-refractivity contribution in [3.8, 4) is 17.1 Å². The molecule has 1 aromatic carbocycles. The third kappa shape index (κ3) is 4.76. The first-order valence-electron chi connectivity index (χ1n) is 11.1. The lowest BCUT2D eigenvalue weighted by atomic mass is 10.1. The van der Waals surface area contributed by atoms with Crippen molar-refractivity contribution < 1.29 is 4.74 Å². The quantitative estimate of drug-likeness (QED) is 0.467. The number of ether oxygens (including phenoxy) is 1. The van der Waals surface area contributed by atoms with Gasteiger partial charge in [-0.2, -0.15) is 0 Å². The van der Waals surface area contributed by atoms with Crippen LogP contribution >= 0.6 is 0 Å². The van der Waals surface area contributed by atoms with Gasteiger partial charge >= 0.3 is 0 Å². The smallest absolute Gasteiger partial charge is 0.216 e. The van der Waals surface area contributed by atoms with Crippen LogP contribution in [0.15, 0.2) is 48.9 Å². The lowest BCUT2D eigenvalue weighted by Crippen LogP contribution is -2.42. The Morgan fingerprint density at radius 2 is 1.94 bits per heavy atom. The lowest BCUT2D eigenvalue weighted by molar-refractivity contribution is 0.233. The zero-order valence-corrected chi connectivity index (χ0v) is 18.2. The molecule has 0 saturated carbocycles. The average molecular weight is 430 g/mol. The Labute approximate surface area is 187 Å². The van der Waals surface area contributed by atoms with E-state index in [-0.39, 0.29) is 0 Å². The molecule has 0 bridgehead atoms. The maximum atomic E-state index is 5.50. The number of nitrogens with zero attached hydrogens (tertiary/aromatic N) is 5. The van der Waals surface area contributed by atoms with Gasteiger partial charge < -0.3 is 15.0 Å². The molecule has 0 spiro atoms. The monoisotopic (exact) mass is 429 g/mol. The van der Waals surface area contributed by atoms with E-state index < -0.39 is 0 Å². The first kappa shape index (κ1) is 20.5. The third-order valence-corrected chi connectivity index (χ3v) is 5.61. The number of benzene rings is 1. The van der Waals surface area contributed by atoms with Crippen LogP contribution in [0.25, 0.3) is 22.3 Å². The summed E-state index contributed by atoms with van der Waals surface area (Å²) >= 11 is 0. The fourth-order valence-electron chi connectivity index (χ4n) is 4.05. The molecule has 164 valence electrons. The third-order valence-electron chi connectivity index (χ3n) is 5.61. The van der Waals surface area contributed by atoms with Gasteiger partial charge in [0.05, 0.1) is 23.3 Å². The summed E-state index contributed by atoms with van der Waals surface area (Å²) in [6, 6.07) is 12.3. The Hall–Kier alpha value is -3.36. The number of rotatable bonds is 7. The van der Waals surface area contributed by atoms with Gasteiger partial charge in [0.2, 0.25) is 5.88 Å². The normalized spacial score (nSPS) is 14.7. The highest BCUT2D eigenvalue weighted by Gasteiger charge is 2.12. The largest absolute Gasteiger partial charge is 0.478 e. The van der Waals surface area contributed by atoms with Crippen LogP contribution in [0.3, 0.4) is 0 Å². The number of piperazine rings is 1. The van der Waals surface area contributed by atoms with Crippen molar-refractivity contribution in [3.63, 3.8) is 0 Å². The van der Waals surface area contributed by atoms with Crippen LogP contribution in [0.4, 0.5) is 0 Å². The van der Waals surface area contributed by atoms with Crippen molar-refractivity contribution in [1.29, 1.82) is 0 Å². The van der Waals surface area contributed by atoms with Gasteiger partial charge in [-0.15, -0.1) is 0 Å². The molecule has 8 nitrogen and oxygen atoms in total. The van der Waals surface area contributed by atoms with E-state index in [4.69, 9.17) is 9.72 Å². The predicted molar refractivity (Wildman–Crippen MR) is 123 cm³/mol. The average Bonchev–Trinajstić information content (AvgIpc) is 3.22. The van der Waals surface area contributed by atoms with E-state index in [1.807, 2.05) is 31.3 Å². The molecule has 0 unspecified atom stereocenters. The number of H-pyrrole nitrogens is 1. The highest BCUT2D eigenvalue weighted by Crippen LogP contribution is 2.24. The number of aromatic nitrogens is 5. The molecule has 1 saturated heterocycles. The van der Waals surface area contributed by atoms with Gasteiger partial charge in [-0.3, -0.25) is 9.88 Å². The van der Waals surface area contributed by atoms with E-state index in [1.165, 1.54) is 11.9 Å². The second-order valence-electron chi connectivity index (χ2n) is 7.95. The SMILES string of the molecule is CCOc1cc(-c2ccc3nc(Cc4cc(CN5CCNCC5)ccn4)[nH]c3c2)ncn1. The minimum Gasteiger partial charge on any atom is -0.478 e. The molecule has 1 aliphatic rings. The van der Waals surface area contributed by atoms with Gasteiger partial charge in [0, 0.05) is 62.7 Å². The highest BCUT2D eigenvalue weighted by atomic mass is 16.5. The predicted octanol–water partition coefficient (Wildman–Crippen LogP) is 2.81. The molecule has 8 heteroatoms. The summed E-state index contributed by atoms with van der Waals surface area (Å²) < 4.78 is 5.50. The Balaban J connectivity index is 1.33. The number of imidazole rings is 1. The number of fused-ring (bicyclic) bond motifs is 1. The summed E-state index contributed by atoms with van der Waals surface area (Å²) in [5.41, 5.74) is 6.04. The van der Waals surface area contributed by atoms with E-state index in [0.29, 0.717) is 18.9 Å². The summed E-state index contributed by atoms with van der Waals surface area (Å²) in [5, 5.41) is 3.40. The molecular formula is C24H27N7O. The molecular weight excluding hydrogens is 402 g/mol. The van der Waals surface area contributed by atoms with Crippen LogP contribution in [0, 0.1) is 0 Å². The van der Waals surface area contributed by atoms with Crippen LogP contribution in [0.2, 0.25) is 0 Å². The zero-order valence-electron chi connectivity index (χ0n) is 18.2. The fraction of sp³-hybridized carbons (Fsp3) is 0.333. The summed E-state index contributed by atoms with van der Waals surface area (Å²) in [6.07, 6.45) is 4.10. The molecule has 2 N–H and O–H groups in total. The standard InChI is InChI=1S/C24H27N7O/c1-2-32-24-14-21(27-16-28-24)18-3-4-20-22(12-18)30-23(29-20)13-19-11-17(5-6-26-19)15-31-9-7-25-8-10-31/h3-6,11-12,14,16,25H,2,7-10,13,15H2,1H3,(H,29,30). The van der Waals surface area contributed by atoms with Crippen molar-refractivity contribution >= 4 is 11.0 Å². The molecule has 5 rings (SSSR count). The fourth-order valence-corrected chi connectivity index (χ4v) is 4.05.